The molecule has 9 heteroatoms. The van der Waals surface area contributed by atoms with Crippen LogP contribution in [-0.2, 0) is 14.8 Å². The van der Waals surface area contributed by atoms with Crippen molar-refractivity contribution in [2.24, 2.45) is 5.10 Å². The van der Waals surface area contributed by atoms with Crippen LogP contribution in [0.5, 0.6) is 5.75 Å². The first-order chi connectivity index (χ1) is 14.9. The monoisotopic (exact) mass is 457 g/mol. The summed E-state index contributed by atoms with van der Waals surface area (Å²) in [5.41, 5.74) is 3.38. The van der Waals surface area contributed by atoms with Crippen molar-refractivity contribution in [2.45, 2.75) is 4.90 Å². The van der Waals surface area contributed by atoms with Gasteiger partial charge in [0.2, 0.25) is 0 Å². The molecule has 0 saturated carbocycles. The molecule has 0 bridgehead atoms. The van der Waals surface area contributed by atoms with Crippen molar-refractivity contribution >= 4 is 39.4 Å². The van der Waals surface area contributed by atoms with Gasteiger partial charge in [-0.25, -0.2) is 13.8 Å². The Hall–Kier alpha value is -3.36. The number of hydrazone groups is 1. The van der Waals surface area contributed by atoms with Gasteiger partial charge in [-0.2, -0.15) is 5.10 Å². The van der Waals surface area contributed by atoms with E-state index in [-0.39, 0.29) is 4.90 Å². The van der Waals surface area contributed by atoms with E-state index in [1.165, 1.54) is 25.5 Å². The lowest BCUT2D eigenvalue weighted by Gasteiger charge is -2.24. The van der Waals surface area contributed by atoms with Crippen LogP contribution in [0.3, 0.4) is 0 Å². The van der Waals surface area contributed by atoms with Crippen molar-refractivity contribution in [3.8, 4) is 5.75 Å². The van der Waals surface area contributed by atoms with E-state index in [0.29, 0.717) is 16.5 Å². The maximum atomic E-state index is 13.2. The second-order valence-electron chi connectivity index (χ2n) is 6.37. The number of hydrogen-bond donors (Lipinski definition) is 1. The van der Waals surface area contributed by atoms with Crippen LogP contribution < -0.4 is 14.5 Å². The van der Waals surface area contributed by atoms with Gasteiger partial charge in [-0.3, -0.25) is 9.10 Å². The van der Waals surface area contributed by atoms with Gasteiger partial charge in [-0.15, -0.1) is 0 Å². The van der Waals surface area contributed by atoms with E-state index < -0.39 is 22.5 Å². The topological polar surface area (TPSA) is 88.1 Å². The first-order valence-corrected chi connectivity index (χ1v) is 11.0. The van der Waals surface area contributed by atoms with Crippen LogP contribution in [0.15, 0.2) is 88.9 Å². The third-order valence-electron chi connectivity index (χ3n) is 4.23. The number of rotatable bonds is 8. The highest BCUT2D eigenvalue weighted by Gasteiger charge is 2.27. The van der Waals surface area contributed by atoms with Crippen molar-refractivity contribution in [3.05, 3.63) is 89.4 Å². The maximum absolute atomic E-state index is 13.2. The molecule has 7 nitrogen and oxygen atoms in total. The Balaban J connectivity index is 1.84. The smallest absolute Gasteiger partial charge is 0.264 e. The molecule has 0 aliphatic heterocycles. The van der Waals surface area contributed by atoms with E-state index in [1.807, 2.05) is 0 Å². The first kappa shape index (κ1) is 22.3. The summed E-state index contributed by atoms with van der Waals surface area (Å²) in [7, 11) is -2.53. The quantitative estimate of drug-likeness (QED) is 0.412. The molecule has 1 amide bonds. The number of hydrogen-bond acceptors (Lipinski definition) is 5. The summed E-state index contributed by atoms with van der Waals surface area (Å²) in [5, 5.41) is 4.48. The van der Waals surface area contributed by atoms with Crippen molar-refractivity contribution in [2.75, 3.05) is 18.0 Å². The van der Waals surface area contributed by atoms with E-state index in [0.717, 1.165) is 9.87 Å². The van der Waals surface area contributed by atoms with Crippen LogP contribution in [0.2, 0.25) is 5.02 Å². The maximum Gasteiger partial charge on any atom is 0.264 e. The van der Waals surface area contributed by atoms with E-state index in [4.69, 9.17) is 16.3 Å². The van der Waals surface area contributed by atoms with Gasteiger partial charge in [0.05, 0.1) is 23.9 Å². The Bertz CT molecular complexity index is 1170. The number of nitrogens with zero attached hydrogens (tertiary/aromatic N) is 2. The molecule has 0 saturated heterocycles. The fraction of sp³-hybridized carbons (Fsp3) is 0.0909. The molecular weight excluding hydrogens is 438 g/mol. The number of benzene rings is 3. The lowest BCUT2D eigenvalue weighted by Crippen LogP contribution is -2.39. The molecule has 0 atom stereocenters. The predicted octanol–water partition coefficient (Wildman–Crippen LogP) is 3.69. The van der Waals surface area contributed by atoms with E-state index in [2.05, 4.69) is 10.5 Å². The Kier molecular flexibility index (Phi) is 7.28. The van der Waals surface area contributed by atoms with Gasteiger partial charge in [0.1, 0.15) is 12.3 Å². The number of anilines is 1. The minimum Gasteiger partial charge on any atom is -0.497 e. The second-order valence-corrected chi connectivity index (χ2v) is 8.67. The highest BCUT2D eigenvalue weighted by atomic mass is 35.5. The SMILES string of the molecule is COc1cccc(N(CC(=O)N/N=C\c2ccc(Cl)cc2)S(=O)(=O)c2ccccc2)c1. The molecule has 3 rings (SSSR count). The van der Waals surface area contributed by atoms with Gasteiger partial charge in [-0.1, -0.05) is 48.0 Å². The molecule has 0 aromatic heterocycles. The molecule has 1 N–H and O–H groups in total. The van der Waals surface area contributed by atoms with Crippen molar-refractivity contribution in [1.29, 1.82) is 0 Å². The van der Waals surface area contributed by atoms with Crippen molar-refractivity contribution in [3.63, 3.8) is 0 Å². The largest absolute Gasteiger partial charge is 0.497 e. The predicted molar refractivity (Wildman–Crippen MR) is 121 cm³/mol. The summed E-state index contributed by atoms with van der Waals surface area (Å²) in [5.74, 6) is -0.139. The molecule has 3 aromatic rings. The van der Waals surface area contributed by atoms with E-state index in [1.54, 1.807) is 66.7 Å². The molecule has 0 heterocycles. The standard InChI is InChI=1S/C22H20ClN3O4S/c1-30-20-7-5-6-19(14-20)26(31(28,29)21-8-3-2-4-9-21)16-22(27)25-24-15-17-10-12-18(23)13-11-17/h2-15H,16H2,1H3,(H,25,27)/b24-15-. The Morgan fingerprint density at radius 1 is 1.06 bits per heavy atom. The summed E-state index contributed by atoms with van der Waals surface area (Å²) in [6.07, 6.45) is 1.44. The highest BCUT2D eigenvalue weighted by molar-refractivity contribution is 7.92. The van der Waals surface area contributed by atoms with Gasteiger partial charge in [-0.05, 0) is 42.0 Å². The summed E-state index contributed by atoms with van der Waals surface area (Å²) in [6, 6.07) is 21.2. The lowest BCUT2D eigenvalue weighted by atomic mass is 10.2. The zero-order valence-electron chi connectivity index (χ0n) is 16.6. The third-order valence-corrected chi connectivity index (χ3v) is 6.27. The molecule has 160 valence electrons. The average molecular weight is 458 g/mol. The molecule has 3 aromatic carbocycles. The number of ether oxygens (including phenoxy) is 1. The van der Waals surface area contributed by atoms with Gasteiger partial charge >= 0.3 is 0 Å². The average Bonchev–Trinajstić information content (AvgIpc) is 2.79. The molecule has 0 aliphatic carbocycles. The number of sulfonamides is 1. The van der Waals surface area contributed by atoms with Crippen LogP contribution >= 0.6 is 11.6 Å². The van der Waals surface area contributed by atoms with Crippen LogP contribution in [-0.4, -0.2) is 34.2 Å². The van der Waals surface area contributed by atoms with Crippen molar-refractivity contribution < 1.29 is 17.9 Å². The third kappa shape index (κ3) is 5.84. The number of methoxy groups -OCH3 is 1. The number of carbonyl (C=O) groups is 1. The van der Waals surface area contributed by atoms with Gasteiger partial charge in [0.25, 0.3) is 15.9 Å². The van der Waals surface area contributed by atoms with Crippen LogP contribution in [0.1, 0.15) is 5.56 Å². The van der Waals surface area contributed by atoms with Crippen molar-refractivity contribution in [1.82, 2.24) is 5.43 Å². The summed E-state index contributed by atoms with van der Waals surface area (Å²) < 4.78 is 32.7. The number of halogens is 1. The molecular formula is C22H20ClN3O4S. The normalized spacial score (nSPS) is 11.3. The molecule has 0 unspecified atom stereocenters. The molecule has 31 heavy (non-hydrogen) atoms. The van der Waals surface area contributed by atoms with Gasteiger partial charge in [0, 0.05) is 11.1 Å². The summed E-state index contributed by atoms with van der Waals surface area (Å²) in [6.45, 7) is -0.470. The van der Waals surface area contributed by atoms with Crippen LogP contribution in [0.25, 0.3) is 0 Å². The highest BCUT2D eigenvalue weighted by Crippen LogP contribution is 2.26. The first-order valence-electron chi connectivity index (χ1n) is 9.19. The van der Waals surface area contributed by atoms with Gasteiger partial charge < -0.3 is 4.74 Å². The van der Waals surface area contributed by atoms with Crippen LogP contribution in [0.4, 0.5) is 5.69 Å². The second kappa shape index (κ2) is 10.1. The number of amides is 1. The molecule has 0 spiro atoms. The zero-order valence-corrected chi connectivity index (χ0v) is 18.2. The lowest BCUT2D eigenvalue weighted by molar-refractivity contribution is -0.119. The minimum absolute atomic E-state index is 0.0651. The Morgan fingerprint density at radius 2 is 1.77 bits per heavy atom. The summed E-state index contributed by atoms with van der Waals surface area (Å²) in [4.78, 5) is 12.6. The van der Waals surface area contributed by atoms with Crippen LogP contribution in [0, 0.1) is 0 Å². The van der Waals surface area contributed by atoms with Gasteiger partial charge in [0.15, 0.2) is 0 Å². The van der Waals surface area contributed by atoms with E-state index >= 15 is 0 Å². The Morgan fingerprint density at radius 3 is 2.45 bits per heavy atom. The summed E-state index contributed by atoms with van der Waals surface area (Å²) >= 11 is 5.84. The zero-order chi connectivity index (χ0) is 22.3. The fourth-order valence-electron chi connectivity index (χ4n) is 2.69. The van der Waals surface area contributed by atoms with E-state index in [9.17, 15) is 13.2 Å². The molecule has 0 radical (unpaired) electrons. The fourth-order valence-corrected chi connectivity index (χ4v) is 4.25. The number of carbonyl (C=O) groups excluding carboxylic acids is 1. The Labute approximate surface area is 186 Å². The molecule has 0 fully saturated rings. The molecule has 0 aliphatic rings. The number of nitrogens with one attached hydrogen (secondary N) is 1. The minimum atomic E-state index is -4.01.